The van der Waals surface area contributed by atoms with Crippen molar-refractivity contribution in [2.75, 3.05) is 0 Å². The maximum absolute atomic E-state index is 12.6. The van der Waals surface area contributed by atoms with Gasteiger partial charge < -0.3 is 0 Å². The van der Waals surface area contributed by atoms with Crippen LogP contribution in [0.2, 0.25) is 0 Å². The van der Waals surface area contributed by atoms with E-state index in [1.807, 2.05) is 0 Å². The highest BCUT2D eigenvalue weighted by atomic mass is 19.1. The summed E-state index contributed by atoms with van der Waals surface area (Å²) in [5.74, 6) is -0.365. The van der Waals surface area contributed by atoms with Crippen molar-refractivity contribution in [2.24, 2.45) is 0 Å². The molecule has 1 saturated carbocycles. The minimum atomic E-state index is -0.835. The van der Waals surface area contributed by atoms with Crippen molar-refractivity contribution in [1.29, 1.82) is 0 Å². The second-order valence-corrected chi connectivity index (χ2v) is 3.92. The van der Waals surface area contributed by atoms with Crippen LogP contribution in [0.4, 0.5) is 4.39 Å². The van der Waals surface area contributed by atoms with E-state index in [0.29, 0.717) is 6.42 Å². The first-order chi connectivity index (χ1) is 6.54. The van der Waals surface area contributed by atoms with Gasteiger partial charge in [0.15, 0.2) is 0 Å². The molecular formula is C10H10FNO2. The summed E-state index contributed by atoms with van der Waals surface area (Å²) in [5.41, 5.74) is 0.0169. The van der Waals surface area contributed by atoms with Gasteiger partial charge in [-0.1, -0.05) is 12.1 Å². The van der Waals surface area contributed by atoms with E-state index in [1.54, 1.807) is 19.1 Å². The molecule has 2 rings (SSSR count). The van der Waals surface area contributed by atoms with Crippen LogP contribution in [0.15, 0.2) is 24.3 Å². The van der Waals surface area contributed by atoms with Crippen molar-refractivity contribution in [3.05, 3.63) is 45.8 Å². The van der Waals surface area contributed by atoms with Crippen molar-refractivity contribution in [2.45, 2.75) is 24.8 Å². The quantitative estimate of drug-likeness (QED) is 0.537. The number of benzene rings is 1. The molecule has 3 nitrogen and oxygen atoms in total. The van der Waals surface area contributed by atoms with Crippen molar-refractivity contribution in [3.63, 3.8) is 0 Å². The van der Waals surface area contributed by atoms with E-state index in [9.17, 15) is 14.5 Å². The number of hydrogen-bond acceptors (Lipinski definition) is 2. The molecule has 0 radical (unpaired) electrons. The molecule has 0 spiro atoms. The lowest BCUT2D eigenvalue weighted by Gasteiger charge is -2.02. The first kappa shape index (κ1) is 9.12. The molecule has 0 aromatic heterocycles. The van der Waals surface area contributed by atoms with Gasteiger partial charge in [0.2, 0.25) is 5.54 Å². The molecule has 0 saturated heterocycles. The molecule has 0 aliphatic heterocycles. The average molecular weight is 195 g/mol. The number of hydrogen-bond donors (Lipinski definition) is 0. The van der Waals surface area contributed by atoms with E-state index in [0.717, 1.165) is 5.56 Å². The molecule has 2 atom stereocenters. The van der Waals surface area contributed by atoms with E-state index in [4.69, 9.17) is 0 Å². The fourth-order valence-corrected chi connectivity index (χ4v) is 1.73. The standard InChI is InChI=1S/C10H10FNO2/c1-10(12(13)14)6-9(10)7-2-4-8(11)5-3-7/h2-5,9H,6H2,1H3. The number of nitro groups is 1. The van der Waals surface area contributed by atoms with Crippen molar-refractivity contribution in [1.82, 2.24) is 0 Å². The van der Waals surface area contributed by atoms with E-state index >= 15 is 0 Å². The minimum absolute atomic E-state index is 0.0573. The van der Waals surface area contributed by atoms with Crippen LogP contribution in [0, 0.1) is 15.9 Å². The van der Waals surface area contributed by atoms with E-state index in [1.165, 1.54) is 12.1 Å². The summed E-state index contributed by atoms with van der Waals surface area (Å²) in [5, 5.41) is 10.7. The average Bonchev–Trinajstić information content (AvgIpc) is 2.81. The molecule has 0 amide bonds. The van der Waals surface area contributed by atoms with E-state index in [2.05, 4.69) is 0 Å². The molecule has 0 N–H and O–H groups in total. The zero-order valence-electron chi connectivity index (χ0n) is 7.74. The Hall–Kier alpha value is -1.45. The van der Waals surface area contributed by atoms with Crippen LogP contribution in [0.25, 0.3) is 0 Å². The number of halogens is 1. The molecule has 1 aliphatic carbocycles. The Morgan fingerprint density at radius 2 is 2.07 bits per heavy atom. The maximum atomic E-state index is 12.6. The van der Waals surface area contributed by atoms with Crippen LogP contribution >= 0.6 is 0 Å². The van der Waals surface area contributed by atoms with Crippen LogP contribution in [0.1, 0.15) is 24.8 Å². The predicted octanol–water partition coefficient (Wildman–Crippen LogP) is 2.35. The maximum Gasteiger partial charge on any atom is 0.227 e. The van der Waals surface area contributed by atoms with Crippen molar-refractivity contribution >= 4 is 0 Å². The molecule has 0 bridgehead atoms. The number of rotatable bonds is 2. The molecule has 1 fully saturated rings. The van der Waals surface area contributed by atoms with Crippen LogP contribution in [0.3, 0.4) is 0 Å². The van der Waals surface area contributed by atoms with E-state index < -0.39 is 5.54 Å². The molecule has 1 aliphatic rings. The highest BCUT2D eigenvalue weighted by Gasteiger charge is 2.62. The second-order valence-electron chi connectivity index (χ2n) is 3.92. The largest absolute Gasteiger partial charge is 0.264 e. The van der Waals surface area contributed by atoms with Crippen LogP contribution in [-0.2, 0) is 0 Å². The van der Waals surface area contributed by atoms with Gasteiger partial charge in [0.25, 0.3) is 0 Å². The fourth-order valence-electron chi connectivity index (χ4n) is 1.73. The second kappa shape index (κ2) is 2.77. The van der Waals surface area contributed by atoms with Gasteiger partial charge in [-0.3, -0.25) is 10.1 Å². The Balaban J connectivity index is 2.21. The molecule has 4 heteroatoms. The molecular weight excluding hydrogens is 185 g/mol. The van der Waals surface area contributed by atoms with Gasteiger partial charge in [-0.25, -0.2) is 4.39 Å². The van der Waals surface area contributed by atoms with Crippen LogP contribution < -0.4 is 0 Å². The summed E-state index contributed by atoms with van der Waals surface area (Å²) < 4.78 is 12.6. The summed E-state index contributed by atoms with van der Waals surface area (Å²) >= 11 is 0. The third-order valence-corrected chi connectivity index (χ3v) is 2.90. The smallest absolute Gasteiger partial charge is 0.227 e. The zero-order chi connectivity index (χ0) is 10.3. The summed E-state index contributed by atoms with van der Waals surface area (Å²) in [6, 6.07) is 5.92. The van der Waals surface area contributed by atoms with Gasteiger partial charge in [-0.2, -0.15) is 0 Å². The summed E-state index contributed by atoms with van der Waals surface area (Å²) in [6.45, 7) is 1.63. The van der Waals surface area contributed by atoms with Gasteiger partial charge in [0.05, 0.1) is 5.92 Å². The molecule has 14 heavy (non-hydrogen) atoms. The Labute approximate surface area is 80.7 Å². The van der Waals surface area contributed by atoms with Crippen LogP contribution in [-0.4, -0.2) is 10.5 Å². The third-order valence-electron chi connectivity index (χ3n) is 2.90. The normalized spacial score (nSPS) is 30.0. The Kier molecular flexibility index (Phi) is 1.80. The fraction of sp³-hybridized carbons (Fsp3) is 0.400. The summed E-state index contributed by atoms with van der Waals surface area (Å²) in [7, 11) is 0. The van der Waals surface area contributed by atoms with Crippen LogP contribution in [0.5, 0.6) is 0 Å². The van der Waals surface area contributed by atoms with Gasteiger partial charge in [0.1, 0.15) is 5.82 Å². The van der Waals surface area contributed by atoms with Gasteiger partial charge in [-0.05, 0) is 17.7 Å². The van der Waals surface area contributed by atoms with Gasteiger partial charge in [-0.15, -0.1) is 0 Å². The minimum Gasteiger partial charge on any atom is -0.264 e. The lowest BCUT2D eigenvalue weighted by atomic mass is 10.1. The lowest BCUT2D eigenvalue weighted by molar-refractivity contribution is -0.535. The first-order valence-electron chi connectivity index (χ1n) is 4.44. The zero-order valence-corrected chi connectivity index (χ0v) is 7.74. The van der Waals surface area contributed by atoms with Crippen molar-refractivity contribution in [3.8, 4) is 0 Å². The Bertz CT molecular complexity index is 376. The highest BCUT2D eigenvalue weighted by Crippen LogP contribution is 2.53. The molecule has 1 aromatic carbocycles. The highest BCUT2D eigenvalue weighted by molar-refractivity contribution is 5.30. The molecule has 0 heterocycles. The third kappa shape index (κ3) is 1.27. The molecule has 1 aromatic rings. The first-order valence-corrected chi connectivity index (χ1v) is 4.44. The molecule has 74 valence electrons. The molecule has 2 unspecified atom stereocenters. The van der Waals surface area contributed by atoms with Gasteiger partial charge >= 0.3 is 0 Å². The lowest BCUT2D eigenvalue weighted by Crippen LogP contribution is -2.18. The van der Waals surface area contributed by atoms with Crippen molar-refractivity contribution < 1.29 is 9.31 Å². The Morgan fingerprint density at radius 1 is 1.50 bits per heavy atom. The predicted molar refractivity (Wildman–Crippen MR) is 49.2 cm³/mol. The summed E-state index contributed by atoms with van der Waals surface area (Å²) in [4.78, 5) is 10.4. The van der Waals surface area contributed by atoms with Gasteiger partial charge in [0, 0.05) is 18.3 Å². The number of nitrogens with zero attached hydrogens (tertiary/aromatic N) is 1. The monoisotopic (exact) mass is 195 g/mol. The van der Waals surface area contributed by atoms with E-state index in [-0.39, 0.29) is 16.7 Å². The topological polar surface area (TPSA) is 43.1 Å². The summed E-state index contributed by atoms with van der Waals surface area (Å²) in [6.07, 6.45) is 0.547. The Morgan fingerprint density at radius 3 is 2.50 bits per heavy atom. The SMILES string of the molecule is CC1([N+](=O)[O-])CC1c1ccc(F)cc1.